The van der Waals surface area contributed by atoms with Gasteiger partial charge in [0.25, 0.3) is 0 Å². The largest absolute Gasteiger partial charge is 1.00 e. The minimum absolute atomic E-state index is 0. The minimum atomic E-state index is -0.246. The lowest BCUT2D eigenvalue weighted by molar-refractivity contribution is -0.917. The fraction of sp³-hybridized carbons (Fsp3) is 0.500. The van der Waals surface area contributed by atoms with Crippen molar-refractivity contribution in [1.82, 2.24) is 5.32 Å². The number of hydrogen-bond donors (Lipinski definition) is 1. The van der Waals surface area contributed by atoms with Crippen LogP contribution in [0.1, 0.15) is 50.3 Å². The summed E-state index contributed by atoms with van der Waals surface area (Å²) in [7, 11) is 4.12. The third-order valence-corrected chi connectivity index (χ3v) is 8.04. The number of likely N-dealkylation sites (N-methyl/N-ethyl adjacent to an activating group) is 1. The van der Waals surface area contributed by atoms with Crippen LogP contribution in [0, 0.1) is 0 Å². The Morgan fingerprint density at radius 2 is 1.91 bits per heavy atom. The molecule has 2 aliphatic heterocycles. The molecular formula is C26H35IN2O4S. The average Bonchev–Trinajstić information content (AvgIpc) is 3.68. The number of nitrogens with one attached hydrogen (secondary N) is 1. The quantitative estimate of drug-likeness (QED) is 0.195. The number of halogens is 1. The molecule has 0 aliphatic carbocycles. The second-order valence-electron chi connectivity index (χ2n) is 9.53. The Morgan fingerprint density at radius 1 is 1.18 bits per heavy atom. The second kappa shape index (κ2) is 11.7. The maximum absolute atomic E-state index is 12.5. The highest BCUT2D eigenvalue weighted by atomic mass is 127. The molecule has 2 heterocycles. The van der Waals surface area contributed by atoms with Crippen LogP contribution in [0.4, 0.5) is 0 Å². The standard InChI is InChI=1S/C26H35N2O4S.HI/c1-5-20(29)17-26(6-2)18-33-23-16-21(30-15-14-28(3,4)25-31-32-25)12-13-22(23)24(27-26)19-10-8-7-9-11-19;/h7-13,16,24-25,27H,5-6,14-15,17-18H2,1-4H3;1H/q+1;/p-1/t24-,26-;/m0./s1. The van der Waals surface area contributed by atoms with Gasteiger partial charge < -0.3 is 28.7 Å². The van der Waals surface area contributed by atoms with Crippen LogP contribution in [0.15, 0.2) is 53.4 Å². The molecule has 2 atom stereocenters. The highest BCUT2D eigenvalue weighted by Gasteiger charge is 2.43. The Bertz CT molecular complexity index is 971. The zero-order chi connectivity index (χ0) is 23.5. The van der Waals surface area contributed by atoms with Crippen molar-refractivity contribution in [1.29, 1.82) is 0 Å². The molecule has 2 aromatic rings. The first-order chi connectivity index (χ1) is 15.9. The molecule has 0 bridgehead atoms. The summed E-state index contributed by atoms with van der Waals surface area (Å²) in [6.45, 7) is 5.48. The number of benzene rings is 2. The van der Waals surface area contributed by atoms with Gasteiger partial charge in [-0.05, 0) is 29.7 Å². The minimum Gasteiger partial charge on any atom is -1.00 e. The smallest absolute Gasteiger partial charge is 0.364 e. The molecule has 0 radical (unpaired) electrons. The Labute approximate surface area is 224 Å². The fourth-order valence-corrected chi connectivity index (χ4v) is 5.59. The van der Waals surface area contributed by atoms with Gasteiger partial charge in [0.2, 0.25) is 0 Å². The molecule has 0 unspecified atom stereocenters. The molecule has 1 saturated heterocycles. The third-order valence-electron chi connectivity index (χ3n) is 6.68. The molecule has 8 heteroatoms. The van der Waals surface area contributed by atoms with Gasteiger partial charge >= 0.3 is 6.41 Å². The number of carbonyl (C=O) groups is 1. The molecule has 1 N–H and O–H groups in total. The van der Waals surface area contributed by atoms with Crippen LogP contribution >= 0.6 is 11.8 Å². The lowest BCUT2D eigenvalue weighted by atomic mass is 9.87. The van der Waals surface area contributed by atoms with E-state index in [1.54, 1.807) is 0 Å². The van der Waals surface area contributed by atoms with Crippen molar-refractivity contribution in [3.63, 3.8) is 0 Å². The van der Waals surface area contributed by atoms with Gasteiger partial charge in [-0.3, -0.25) is 14.6 Å². The van der Waals surface area contributed by atoms with Crippen molar-refractivity contribution >= 4 is 17.5 Å². The van der Waals surface area contributed by atoms with Gasteiger partial charge in [0.1, 0.15) is 24.7 Å². The topological polar surface area (TPSA) is 63.4 Å². The van der Waals surface area contributed by atoms with Gasteiger partial charge in [0.15, 0.2) is 0 Å². The first-order valence-electron chi connectivity index (χ1n) is 11.7. The average molecular weight is 599 g/mol. The van der Waals surface area contributed by atoms with Crippen LogP contribution in [0.2, 0.25) is 0 Å². The van der Waals surface area contributed by atoms with E-state index in [0.29, 0.717) is 29.7 Å². The van der Waals surface area contributed by atoms with Crippen LogP contribution < -0.4 is 34.0 Å². The monoisotopic (exact) mass is 598 g/mol. The van der Waals surface area contributed by atoms with Crippen LogP contribution in [0.5, 0.6) is 5.75 Å². The number of carbonyl (C=O) groups excluding carboxylic acids is 1. The summed E-state index contributed by atoms with van der Waals surface area (Å²) in [5.74, 6) is 2.00. The van der Waals surface area contributed by atoms with Crippen molar-refractivity contribution in [3.8, 4) is 5.75 Å². The van der Waals surface area contributed by atoms with E-state index in [2.05, 4.69) is 68.8 Å². The molecule has 0 aromatic heterocycles. The molecule has 0 spiro atoms. The van der Waals surface area contributed by atoms with E-state index in [9.17, 15) is 4.79 Å². The molecule has 2 aliphatic rings. The number of thioether (sulfide) groups is 1. The molecule has 186 valence electrons. The number of Topliss-reactive ketones (excluding diaryl/α,β-unsaturated/α-hetero) is 1. The summed E-state index contributed by atoms with van der Waals surface area (Å²) in [5, 5.41) is 3.91. The Morgan fingerprint density at radius 3 is 2.56 bits per heavy atom. The van der Waals surface area contributed by atoms with Gasteiger partial charge in [0.05, 0.1) is 20.1 Å². The maximum Gasteiger partial charge on any atom is 0.364 e. The molecule has 1 fully saturated rings. The Balaban J connectivity index is 0.00000324. The number of quaternary nitrogens is 1. The number of hydrogen-bond acceptors (Lipinski definition) is 6. The van der Waals surface area contributed by atoms with Crippen molar-refractivity contribution in [2.75, 3.05) is 33.0 Å². The summed E-state index contributed by atoms with van der Waals surface area (Å²) in [6.07, 6.45) is 1.82. The van der Waals surface area contributed by atoms with E-state index in [4.69, 9.17) is 14.5 Å². The van der Waals surface area contributed by atoms with E-state index < -0.39 is 0 Å². The summed E-state index contributed by atoms with van der Waals surface area (Å²) in [5.41, 5.74) is 2.19. The van der Waals surface area contributed by atoms with Gasteiger partial charge in [-0.15, -0.1) is 21.5 Å². The van der Waals surface area contributed by atoms with Gasteiger partial charge in [-0.2, -0.15) is 0 Å². The summed E-state index contributed by atoms with van der Waals surface area (Å²) in [6, 6.07) is 16.9. The molecule has 0 amide bonds. The maximum atomic E-state index is 12.5. The zero-order valence-corrected chi connectivity index (χ0v) is 23.4. The number of ether oxygens (including phenoxy) is 1. The summed E-state index contributed by atoms with van der Waals surface area (Å²) < 4.78 is 6.71. The highest BCUT2D eigenvalue weighted by molar-refractivity contribution is 7.99. The zero-order valence-electron chi connectivity index (χ0n) is 20.4. The number of nitrogens with zero attached hydrogens (tertiary/aromatic N) is 1. The first-order valence-corrected chi connectivity index (χ1v) is 12.7. The van der Waals surface area contributed by atoms with Crippen molar-refractivity contribution in [3.05, 3.63) is 59.7 Å². The molecule has 34 heavy (non-hydrogen) atoms. The van der Waals surface area contributed by atoms with Crippen molar-refractivity contribution in [2.45, 2.75) is 56.0 Å². The van der Waals surface area contributed by atoms with E-state index in [0.717, 1.165) is 24.5 Å². The van der Waals surface area contributed by atoms with Crippen LogP contribution in [0.3, 0.4) is 0 Å². The number of ketones is 1. The summed E-state index contributed by atoms with van der Waals surface area (Å²) in [4.78, 5) is 23.6. The van der Waals surface area contributed by atoms with E-state index >= 15 is 0 Å². The fourth-order valence-electron chi connectivity index (χ4n) is 4.21. The van der Waals surface area contributed by atoms with Gasteiger partial charge in [-0.1, -0.05) is 50.2 Å². The summed E-state index contributed by atoms with van der Waals surface area (Å²) >= 11 is 1.82. The molecule has 0 saturated carbocycles. The normalized spacial score (nSPS) is 22.3. The number of rotatable bonds is 10. The van der Waals surface area contributed by atoms with Crippen molar-refractivity contribution < 1.29 is 47.8 Å². The second-order valence-corrected chi connectivity index (χ2v) is 10.5. The van der Waals surface area contributed by atoms with Crippen LogP contribution in [0.25, 0.3) is 0 Å². The van der Waals surface area contributed by atoms with Crippen molar-refractivity contribution in [2.24, 2.45) is 0 Å². The van der Waals surface area contributed by atoms with E-state index in [-0.39, 0.29) is 42.0 Å². The molecular weight excluding hydrogens is 563 g/mol. The van der Waals surface area contributed by atoms with Gasteiger partial charge in [0, 0.05) is 29.0 Å². The first kappa shape index (κ1) is 27.4. The SMILES string of the molecule is CCC(=O)C[C@@]1(CC)CSc2cc(OCC[N+](C)(C)C3OO3)ccc2[C@H](c2ccccc2)N1.[I-]. The molecule has 2 aromatic carbocycles. The van der Waals surface area contributed by atoms with Crippen LogP contribution in [-0.2, 0) is 14.6 Å². The van der Waals surface area contributed by atoms with Gasteiger partial charge in [-0.25, -0.2) is 0 Å². The van der Waals surface area contributed by atoms with E-state index in [1.165, 1.54) is 16.0 Å². The lowest BCUT2D eigenvalue weighted by Crippen LogP contribution is -3.00. The predicted octanol–water partition coefficient (Wildman–Crippen LogP) is 1.69. The van der Waals surface area contributed by atoms with E-state index in [1.807, 2.05) is 24.8 Å². The molecule has 6 nitrogen and oxygen atoms in total. The molecule has 4 rings (SSSR count). The predicted molar refractivity (Wildman–Crippen MR) is 130 cm³/mol. The van der Waals surface area contributed by atoms with Crippen LogP contribution in [-0.4, -0.2) is 55.2 Å². The Hall–Kier alpha value is -1.17. The number of fused-ring (bicyclic) bond motifs is 1. The highest BCUT2D eigenvalue weighted by Crippen LogP contribution is 2.42. The Kier molecular flexibility index (Phi) is 9.44. The third kappa shape index (κ3) is 6.53. The lowest BCUT2D eigenvalue weighted by Gasteiger charge is -2.35.